The molecular formula is C37H29. The molecule has 37 heavy (non-hydrogen) atoms. The van der Waals surface area contributed by atoms with Gasteiger partial charge in [0.05, 0.1) is 5.92 Å². The standard InChI is InChI=1S/C37H29/c1-37(2,3)29-20-16-28(17-21-29)36(32-22-18-26-10-4-8-24-12-6-14-30(32)34(24)26)33-23-19-27-11-5-9-25-13-7-15-31(33)35(25)27/h4-23H,1-3H3/b36-32-. The summed E-state index contributed by atoms with van der Waals surface area (Å²) in [5, 5.41) is 9.12. The minimum Gasteiger partial charge on any atom is -0.0674 e. The highest BCUT2D eigenvalue weighted by atomic mass is 14.3. The van der Waals surface area contributed by atoms with E-state index in [0.717, 1.165) is 0 Å². The molecular weight excluding hydrogens is 444 g/mol. The first-order valence-electron chi connectivity index (χ1n) is 13.1. The Kier molecular flexibility index (Phi) is 4.88. The van der Waals surface area contributed by atoms with Gasteiger partial charge in [0.2, 0.25) is 0 Å². The third-order valence-electron chi connectivity index (χ3n) is 7.89. The third kappa shape index (κ3) is 3.51. The van der Waals surface area contributed by atoms with E-state index in [9.17, 15) is 0 Å². The first-order valence-corrected chi connectivity index (χ1v) is 13.1. The monoisotopic (exact) mass is 473 g/mol. The predicted molar refractivity (Wildman–Crippen MR) is 160 cm³/mol. The molecule has 0 amide bonds. The van der Waals surface area contributed by atoms with Gasteiger partial charge in [-0.25, -0.2) is 0 Å². The summed E-state index contributed by atoms with van der Waals surface area (Å²) in [5.74, 6) is 1.28. The maximum Gasteiger partial charge on any atom is 0.0576 e. The van der Waals surface area contributed by atoms with Crippen LogP contribution < -0.4 is 5.22 Å². The largest absolute Gasteiger partial charge is 0.0674 e. The summed E-state index contributed by atoms with van der Waals surface area (Å²) in [4.78, 5) is 0. The van der Waals surface area contributed by atoms with Crippen molar-refractivity contribution >= 4 is 44.0 Å². The van der Waals surface area contributed by atoms with Gasteiger partial charge in [-0.15, -0.1) is 0 Å². The number of hydrogen-bond acceptors (Lipinski definition) is 0. The van der Waals surface area contributed by atoms with Gasteiger partial charge in [-0.2, -0.15) is 0 Å². The number of benzene rings is 6. The van der Waals surface area contributed by atoms with Crippen LogP contribution in [-0.2, 0) is 5.41 Å². The van der Waals surface area contributed by atoms with Crippen LogP contribution in [0.2, 0.25) is 0 Å². The van der Waals surface area contributed by atoms with Crippen molar-refractivity contribution in [3.63, 3.8) is 0 Å². The quantitative estimate of drug-likeness (QED) is 0.235. The van der Waals surface area contributed by atoms with E-state index in [-0.39, 0.29) is 5.41 Å². The molecule has 0 atom stereocenters. The molecule has 0 bridgehead atoms. The second kappa shape index (κ2) is 8.18. The highest BCUT2D eigenvalue weighted by Gasteiger charge is 2.25. The molecule has 0 aromatic heterocycles. The zero-order valence-electron chi connectivity index (χ0n) is 21.5. The van der Waals surface area contributed by atoms with Gasteiger partial charge in [-0.1, -0.05) is 142 Å². The number of rotatable bonds is 2. The molecule has 0 spiro atoms. The first kappa shape index (κ1) is 22.1. The molecule has 1 aliphatic rings. The van der Waals surface area contributed by atoms with Crippen LogP contribution in [0.5, 0.6) is 0 Å². The summed E-state index contributed by atoms with van der Waals surface area (Å²) in [6, 6.07) is 40.5. The maximum absolute atomic E-state index is 2.32. The molecule has 6 aromatic carbocycles. The minimum atomic E-state index is 0.115. The van der Waals surface area contributed by atoms with Crippen molar-refractivity contribution in [3.8, 4) is 0 Å². The van der Waals surface area contributed by atoms with E-state index < -0.39 is 0 Å². The maximum atomic E-state index is 2.32. The highest BCUT2D eigenvalue weighted by molar-refractivity contribution is 6.12. The van der Waals surface area contributed by atoms with Crippen LogP contribution in [0.1, 0.15) is 43.0 Å². The van der Waals surface area contributed by atoms with Crippen LogP contribution in [0, 0.1) is 5.92 Å². The van der Waals surface area contributed by atoms with Crippen LogP contribution >= 0.6 is 0 Å². The SMILES string of the molecule is CC(C)(C)c1ccc(/C([C]2C=Cc3cccc4cccc2c34)=c2\ccc3cccc4cccc2c43)cc1. The Hall–Kier alpha value is -4.16. The molecule has 1 aliphatic carbocycles. The molecule has 6 aromatic rings. The Morgan fingerprint density at radius 2 is 1.16 bits per heavy atom. The Morgan fingerprint density at radius 1 is 0.541 bits per heavy atom. The van der Waals surface area contributed by atoms with E-state index in [1.165, 1.54) is 71.3 Å². The van der Waals surface area contributed by atoms with Gasteiger partial charge < -0.3 is 0 Å². The molecule has 0 saturated carbocycles. The van der Waals surface area contributed by atoms with Crippen molar-refractivity contribution < 1.29 is 0 Å². The van der Waals surface area contributed by atoms with E-state index in [1.807, 2.05) is 0 Å². The van der Waals surface area contributed by atoms with Crippen molar-refractivity contribution in [1.82, 2.24) is 0 Å². The first-order chi connectivity index (χ1) is 18.0. The smallest absolute Gasteiger partial charge is 0.0576 e. The number of hydrogen-bond donors (Lipinski definition) is 0. The molecule has 0 fully saturated rings. The molecule has 0 nitrogen and oxygen atoms in total. The molecule has 0 N–H and O–H groups in total. The molecule has 0 aliphatic heterocycles. The fourth-order valence-electron chi connectivity index (χ4n) is 6.02. The van der Waals surface area contributed by atoms with Crippen LogP contribution in [-0.4, -0.2) is 0 Å². The van der Waals surface area contributed by atoms with Gasteiger partial charge in [0.15, 0.2) is 0 Å². The third-order valence-corrected chi connectivity index (χ3v) is 7.89. The lowest BCUT2D eigenvalue weighted by Crippen LogP contribution is -2.17. The topological polar surface area (TPSA) is 0 Å². The van der Waals surface area contributed by atoms with Gasteiger partial charge in [0.1, 0.15) is 0 Å². The van der Waals surface area contributed by atoms with Gasteiger partial charge >= 0.3 is 0 Å². The molecule has 177 valence electrons. The fraction of sp³-hybridized carbons (Fsp3) is 0.108. The van der Waals surface area contributed by atoms with E-state index in [4.69, 9.17) is 0 Å². The van der Waals surface area contributed by atoms with Crippen LogP contribution in [0.4, 0.5) is 0 Å². The highest BCUT2D eigenvalue weighted by Crippen LogP contribution is 2.41. The molecule has 0 saturated heterocycles. The van der Waals surface area contributed by atoms with Crippen molar-refractivity contribution in [3.05, 3.63) is 149 Å². The summed E-state index contributed by atoms with van der Waals surface area (Å²) >= 11 is 0. The number of allylic oxidation sites excluding steroid dienone is 1. The Bertz CT molecular complexity index is 1860. The van der Waals surface area contributed by atoms with E-state index in [0.29, 0.717) is 0 Å². The lowest BCUT2D eigenvalue weighted by molar-refractivity contribution is 0.590. The van der Waals surface area contributed by atoms with Crippen molar-refractivity contribution in [2.45, 2.75) is 26.2 Å². The summed E-state index contributed by atoms with van der Waals surface area (Å²) in [7, 11) is 0. The van der Waals surface area contributed by atoms with E-state index >= 15 is 0 Å². The van der Waals surface area contributed by atoms with Crippen LogP contribution in [0.25, 0.3) is 44.0 Å². The van der Waals surface area contributed by atoms with E-state index in [2.05, 4.69) is 142 Å². The second-order valence-electron chi connectivity index (χ2n) is 11.2. The summed E-state index contributed by atoms with van der Waals surface area (Å²) in [5.41, 5.74) is 6.60. The zero-order valence-corrected chi connectivity index (χ0v) is 21.5. The fourth-order valence-corrected chi connectivity index (χ4v) is 6.02. The van der Waals surface area contributed by atoms with Gasteiger partial charge in [-0.3, -0.25) is 0 Å². The minimum absolute atomic E-state index is 0.115. The van der Waals surface area contributed by atoms with Crippen LogP contribution in [0.15, 0.2) is 115 Å². The Labute approximate surface area is 218 Å². The van der Waals surface area contributed by atoms with Crippen molar-refractivity contribution in [1.29, 1.82) is 0 Å². The molecule has 0 heterocycles. The van der Waals surface area contributed by atoms with Crippen LogP contribution in [0.3, 0.4) is 0 Å². The summed E-state index contributed by atoms with van der Waals surface area (Å²) < 4.78 is 0. The Balaban J connectivity index is 1.60. The predicted octanol–water partition coefficient (Wildman–Crippen LogP) is 9.01. The summed E-state index contributed by atoms with van der Waals surface area (Å²) in [6.07, 6.45) is 4.61. The summed E-state index contributed by atoms with van der Waals surface area (Å²) in [6.45, 7) is 6.83. The average Bonchev–Trinajstić information content (AvgIpc) is 2.91. The van der Waals surface area contributed by atoms with Gasteiger partial charge in [0, 0.05) is 0 Å². The van der Waals surface area contributed by atoms with E-state index in [1.54, 1.807) is 0 Å². The normalized spacial score (nSPS) is 14.6. The van der Waals surface area contributed by atoms with Crippen molar-refractivity contribution in [2.24, 2.45) is 0 Å². The molecule has 0 heteroatoms. The zero-order chi connectivity index (χ0) is 25.1. The van der Waals surface area contributed by atoms with Gasteiger partial charge in [-0.05, 0) is 70.8 Å². The Morgan fingerprint density at radius 3 is 1.89 bits per heavy atom. The molecule has 0 unspecified atom stereocenters. The van der Waals surface area contributed by atoms with Gasteiger partial charge in [0.25, 0.3) is 0 Å². The lowest BCUT2D eigenvalue weighted by atomic mass is 9.77. The molecule has 1 radical (unpaired) electrons. The van der Waals surface area contributed by atoms with Crippen molar-refractivity contribution in [2.75, 3.05) is 0 Å². The molecule has 7 rings (SSSR count). The average molecular weight is 474 g/mol. The second-order valence-corrected chi connectivity index (χ2v) is 11.2. The lowest BCUT2D eigenvalue weighted by Gasteiger charge is -2.25.